The van der Waals surface area contributed by atoms with Crippen molar-refractivity contribution in [3.63, 3.8) is 0 Å². The van der Waals surface area contributed by atoms with E-state index in [4.69, 9.17) is 4.74 Å². The molecular formula is C17H24O2. The van der Waals surface area contributed by atoms with E-state index in [1.807, 2.05) is 19.1 Å². The predicted molar refractivity (Wildman–Crippen MR) is 76.2 cm³/mol. The molecule has 104 valence electrons. The lowest BCUT2D eigenvalue weighted by Gasteiger charge is -2.23. The molecule has 2 bridgehead atoms. The number of fused-ring (bicyclic) bond motifs is 2. The van der Waals surface area contributed by atoms with E-state index in [0.717, 1.165) is 35.7 Å². The van der Waals surface area contributed by atoms with Gasteiger partial charge in [0.2, 0.25) is 0 Å². The van der Waals surface area contributed by atoms with Crippen LogP contribution in [-0.2, 0) is 0 Å². The van der Waals surface area contributed by atoms with E-state index in [0.29, 0.717) is 0 Å². The summed E-state index contributed by atoms with van der Waals surface area (Å²) in [7, 11) is 0. The van der Waals surface area contributed by atoms with Crippen molar-refractivity contribution in [3.8, 4) is 5.75 Å². The molecule has 2 aliphatic rings. The number of hydrogen-bond donors (Lipinski definition) is 1. The first-order chi connectivity index (χ1) is 9.13. The summed E-state index contributed by atoms with van der Waals surface area (Å²) in [6, 6.07) is 6.09. The Kier molecular flexibility index (Phi) is 3.53. The maximum absolute atomic E-state index is 9.85. The third-order valence-corrected chi connectivity index (χ3v) is 4.95. The Hall–Kier alpha value is -1.02. The highest BCUT2D eigenvalue weighted by atomic mass is 16.5. The number of aryl methyl sites for hydroxylation is 1. The molecule has 1 aromatic rings. The van der Waals surface area contributed by atoms with E-state index in [1.54, 1.807) is 6.92 Å². The van der Waals surface area contributed by atoms with Crippen LogP contribution >= 0.6 is 0 Å². The number of rotatable bonds is 4. The molecule has 3 rings (SSSR count). The Balaban J connectivity index is 1.66. The van der Waals surface area contributed by atoms with Crippen LogP contribution in [0.1, 0.15) is 49.8 Å². The van der Waals surface area contributed by atoms with Gasteiger partial charge in [0.25, 0.3) is 0 Å². The van der Waals surface area contributed by atoms with Crippen molar-refractivity contribution >= 4 is 0 Å². The first-order valence-corrected chi connectivity index (χ1v) is 7.55. The molecule has 19 heavy (non-hydrogen) atoms. The summed E-state index contributed by atoms with van der Waals surface area (Å²) < 4.78 is 6.03. The highest BCUT2D eigenvalue weighted by Gasteiger charge is 2.39. The minimum atomic E-state index is -0.463. The maximum Gasteiger partial charge on any atom is 0.125 e. The van der Waals surface area contributed by atoms with Crippen LogP contribution in [0.5, 0.6) is 5.75 Å². The van der Waals surface area contributed by atoms with Gasteiger partial charge in [-0.2, -0.15) is 0 Å². The summed E-state index contributed by atoms with van der Waals surface area (Å²) in [5.41, 5.74) is 2.09. The van der Waals surface area contributed by atoms with Gasteiger partial charge in [-0.3, -0.25) is 0 Å². The van der Waals surface area contributed by atoms with Gasteiger partial charge in [-0.1, -0.05) is 18.1 Å². The molecule has 2 fully saturated rings. The average Bonchev–Trinajstić information content (AvgIpc) is 2.99. The Bertz CT molecular complexity index is 453. The summed E-state index contributed by atoms with van der Waals surface area (Å²) in [5.74, 6) is 3.46. The molecule has 2 aliphatic carbocycles. The predicted octanol–water partition coefficient (Wildman–Crippen LogP) is 3.86. The molecule has 2 saturated carbocycles. The quantitative estimate of drug-likeness (QED) is 0.890. The zero-order valence-electron chi connectivity index (χ0n) is 11.9. The average molecular weight is 260 g/mol. The second-order valence-electron chi connectivity index (χ2n) is 6.46. The topological polar surface area (TPSA) is 29.5 Å². The third-order valence-electron chi connectivity index (χ3n) is 4.95. The van der Waals surface area contributed by atoms with Crippen LogP contribution < -0.4 is 4.74 Å². The van der Waals surface area contributed by atoms with E-state index in [9.17, 15) is 5.11 Å². The zero-order valence-corrected chi connectivity index (χ0v) is 11.9. The molecule has 0 spiro atoms. The van der Waals surface area contributed by atoms with Gasteiger partial charge in [0.15, 0.2) is 0 Å². The van der Waals surface area contributed by atoms with E-state index in [2.05, 4.69) is 6.07 Å². The second-order valence-corrected chi connectivity index (χ2v) is 6.46. The maximum atomic E-state index is 9.85. The smallest absolute Gasteiger partial charge is 0.125 e. The first-order valence-electron chi connectivity index (χ1n) is 7.55. The molecule has 4 atom stereocenters. The molecule has 0 heterocycles. The molecule has 0 amide bonds. The lowest BCUT2D eigenvalue weighted by molar-refractivity contribution is 0.172. The molecule has 2 heteroatoms. The lowest BCUT2D eigenvalue weighted by atomic mass is 9.89. The normalized spacial score (nSPS) is 30.6. The van der Waals surface area contributed by atoms with E-state index >= 15 is 0 Å². The van der Waals surface area contributed by atoms with Crippen LogP contribution in [0.15, 0.2) is 18.2 Å². The van der Waals surface area contributed by atoms with Crippen LogP contribution in [-0.4, -0.2) is 11.7 Å². The van der Waals surface area contributed by atoms with Crippen molar-refractivity contribution < 1.29 is 9.84 Å². The van der Waals surface area contributed by atoms with Gasteiger partial charge < -0.3 is 9.84 Å². The zero-order chi connectivity index (χ0) is 13.4. The van der Waals surface area contributed by atoms with Gasteiger partial charge in [0, 0.05) is 5.56 Å². The van der Waals surface area contributed by atoms with Gasteiger partial charge in [-0.05, 0) is 63.0 Å². The minimum Gasteiger partial charge on any atom is -0.493 e. The van der Waals surface area contributed by atoms with Crippen molar-refractivity contribution in [1.82, 2.24) is 0 Å². The Morgan fingerprint density at radius 2 is 2.16 bits per heavy atom. The van der Waals surface area contributed by atoms with Gasteiger partial charge in [-0.25, -0.2) is 0 Å². The van der Waals surface area contributed by atoms with Crippen molar-refractivity contribution in [2.75, 3.05) is 6.61 Å². The molecule has 0 saturated heterocycles. The highest BCUT2D eigenvalue weighted by molar-refractivity contribution is 5.38. The van der Waals surface area contributed by atoms with Gasteiger partial charge >= 0.3 is 0 Å². The van der Waals surface area contributed by atoms with E-state index in [-0.39, 0.29) is 0 Å². The monoisotopic (exact) mass is 260 g/mol. The fraction of sp³-hybridized carbons (Fsp3) is 0.647. The van der Waals surface area contributed by atoms with Crippen molar-refractivity contribution in [1.29, 1.82) is 0 Å². The second kappa shape index (κ2) is 5.16. The fourth-order valence-corrected chi connectivity index (χ4v) is 3.90. The molecule has 1 aromatic carbocycles. The van der Waals surface area contributed by atoms with Crippen molar-refractivity contribution in [2.45, 2.75) is 45.6 Å². The van der Waals surface area contributed by atoms with Crippen molar-refractivity contribution in [3.05, 3.63) is 29.3 Å². The van der Waals surface area contributed by atoms with Crippen LogP contribution in [0.2, 0.25) is 0 Å². The SMILES string of the molecule is Cc1ccc(OCC2CC3CCC2C3)c([C@H](C)O)c1. The van der Waals surface area contributed by atoms with E-state index < -0.39 is 6.10 Å². The van der Waals surface area contributed by atoms with Crippen LogP contribution in [0.3, 0.4) is 0 Å². The highest BCUT2D eigenvalue weighted by Crippen LogP contribution is 2.48. The number of aliphatic hydroxyl groups is 1. The fourth-order valence-electron chi connectivity index (χ4n) is 3.90. The van der Waals surface area contributed by atoms with Gasteiger partial charge in [0.05, 0.1) is 12.7 Å². The first kappa shape index (κ1) is 13.0. The molecule has 0 aliphatic heterocycles. The molecule has 0 radical (unpaired) electrons. The van der Waals surface area contributed by atoms with Crippen LogP contribution in [0.25, 0.3) is 0 Å². The Morgan fingerprint density at radius 3 is 2.79 bits per heavy atom. The van der Waals surface area contributed by atoms with Crippen molar-refractivity contribution in [2.24, 2.45) is 17.8 Å². The lowest BCUT2D eigenvalue weighted by Crippen LogP contribution is -2.19. The molecule has 0 aromatic heterocycles. The van der Waals surface area contributed by atoms with Crippen LogP contribution in [0.4, 0.5) is 0 Å². The summed E-state index contributed by atoms with van der Waals surface area (Å²) in [6.45, 7) is 4.68. The third kappa shape index (κ3) is 2.64. The van der Waals surface area contributed by atoms with Gasteiger partial charge in [0.1, 0.15) is 5.75 Å². The number of benzene rings is 1. The largest absolute Gasteiger partial charge is 0.493 e. The Labute approximate surface area is 115 Å². The molecule has 2 nitrogen and oxygen atoms in total. The number of ether oxygens (including phenoxy) is 1. The summed E-state index contributed by atoms with van der Waals surface area (Å²) >= 11 is 0. The number of hydrogen-bond acceptors (Lipinski definition) is 2. The standard InChI is InChI=1S/C17H24O2/c1-11-3-6-17(16(7-11)12(2)18)19-10-15-9-13-4-5-14(15)8-13/h3,6-7,12-15,18H,4-5,8-10H2,1-2H3/t12-,13?,14?,15?/m0/s1. The summed E-state index contributed by atoms with van der Waals surface area (Å²) in [4.78, 5) is 0. The van der Waals surface area contributed by atoms with Crippen LogP contribution in [0, 0.1) is 24.7 Å². The molecule has 3 unspecified atom stereocenters. The van der Waals surface area contributed by atoms with E-state index in [1.165, 1.54) is 31.2 Å². The van der Waals surface area contributed by atoms with Gasteiger partial charge in [-0.15, -0.1) is 0 Å². The Morgan fingerprint density at radius 1 is 1.32 bits per heavy atom. The summed E-state index contributed by atoms with van der Waals surface area (Å²) in [6.07, 6.45) is 5.14. The molecule has 1 N–H and O–H groups in total. The summed E-state index contributed by atoms with van der Waals surface area (Å²) in [5, 5.41) is 9.85. The minimum absolute atomic E-state index is 0.463. The number of aliphatic hydroxyl groups excluding tert-OH is 1. The molecular weight excluding hydrogens is 236 g/mol.